The van der Waals surface area contributed by atoms with Crippen molar-refractivity contribution in [3.05, 3.63) is 65.9 Å². The van der Waals surface area contributed by atoms with Gasteiger partial charge in [0.1, 0.15) is 11.6 Å². The molecule has 0 aliphatic heterocycles. The van der Waals surface area contributed by atoms with E-state index in [1.807, 2.05) is 31.2 Å². The molecular weight excluding hydrogens is 314 g/mol. The number of anilines is 1. The van der Waals surface area contributed by atoms with Crippen LogP contribution in [0.3, 0.4) is 0 Å². The molecule has 130 valence electrons. The Labute approximate surface area is 147 Å². The molecular formula is C20H23N3O2. The number of aliphatic hydroxyl groups is 1. The van der Waals surface area contributed by atoms with Gasteiger partial charge in [0.25, 0.3) is 0 Å². The maximum Gasteiger partial charge on any atom is 0.124 e. The van der Waals surface area contributed by atoms with E-state index in [9.17, 15) is 0 Å². The number of aromatic nitrogens is 2. The lowest BCUT2D eigenvalue weighted by atomic mass is 10.0. The Morgan fingerprint density at radius 1 is 1.08 bits per heavy atom. The molecule has 0 aliphatic rings. The summed E-state index contributed by atoms with van der Waals surface area (Å²) in [5.41, 5.74) is 4.28. The zero-order valence-electron chi connectivity index (χ0n) is 14.6. The summed E-state index contributed by atoms with van der Waals surface area (Å²) < 4.78 is 7.35. The normalized spacial score (nSPS) is 10.7. The van der Waals surface area contributed by atoms with Crippen LogP contribution in [0, 0.1) is 6.92 Å². The molecule has 0 amide bonds. The number of methoxy groups -OCH3 is 1. The van der Waals surface area contributed by atoms with Crippen LogP contribution in [0.5, 0.6) is 5.75 Å². The van der Waals surface area contributed by atoms with Crippen molar-refractivity contribution < 1.29 is 9.84 Å². The minimum atomic E-state index is 0.0604. The summed E-state index contributed by atoms with van der Waals surface area (Å²) in [7, 11) is 1.69. The average molecular weight is 337 g/mol. The molecule has 0 unspecified atom stereocenters. The molecule has 5 heteroatoms. The van der Waals surface area contributed by atoms with Crippen LogP contribution in [0.25, 0.3) is 11.1 Å². The SMILES string of the molecule is COc1cc(-c2ccccc2)ccc1CNc1cc(C)nn1CCO. The molecule has 0 bridgehead atoms. The molecule has 0 spiro atoms. The van der Waals surface area contributed by atoms with Crippen molar-refractivity contribution in [3.8, 4) is 16.9 Å². The first-order valence-electron chi connectivity index (χ1n) is 8.33. The van der Waals surface area contributed by atoms with Crippen molar-refractivity contribution in [2.45, 2.75) is 20.0 Å². The number of aryl methyl sites for hydroxylation is 1. The number of hydrogen-bond acceptors (Lipinski definition) is 4. The van der Waals surface area contributed by atoms with E-state index < -0.39 is 0 Å². The molecule has 0 saturated heterocycles. The highest BCUT2D eigenvalue weighted by Gasteiger charge is 2.09. The third-order valence-electron chi connectivity index (χ3n) is 4.07. The second kappa shape index (κ2) is 7.85. The predicted octanol–water partition coefficient (Wildman–Crippen LogP) is 3.47. The molecule has 3 aromatic rings. The standard InChI is InChI=1S/C20H23N3O2/c1-15-12-20(23(22-15)10-11-24)21-14-18-9-8-17(13-19(18)25-2)16-6-4-3-5-7-16/h3-9,12-13,21,24H,10-11,14H2,1-2H3. The number of benzene rings is 2. The average Bonchev–Trinajstić information content (AvgIpc) is 3.00. The van der Waals surface area contributed by atoms with E-state index in [4.69, 9.17) is 9.84 Å². The number of aliphatic hydroxyl groups excluding tert-OH is 1. The Morgan fingerprint density at radius 2 is 1.88 bits per heavy atom. The Morgan fingerprint density at radius 3 is 2.60 bits per heavy atom. The molecule has 3 rings (SSSR count). The van der Waals surface area contributed by atoms with Crippen molar-refractivity contribution in [1.29, 1.82) is 0 Å². The fourth-order valence-corrected chi connectivity index (χ4v) is 2.84. The van der Waals surface area contributed by atoms with E-state index in [0.29, 0.717) is 13.1 Å². The molecule has 1 aromatic heterocycles. The second-order valence-corrected chi connectivity index (χ2v) is 5.86. The Hall–Kier alpha value is -2.79. The van der Waals surface area contributed by atoms with Crippen LogP contribution in [0.15, 0.2) is 54.6 Å². The zero-order valence-corrected chi connectivity index (χ0v) is 14.6. The molecule has 2 N–H and O–H groups in total. The summed E-state index contributed by atoms with van der Waals surface area (Å²) >= 11 is 0. The zero-order chi connectivity index (χ0) is 17.6. The van der Waals surface area contributed by atoms with Crippen molar-refractivity contribution in [2.75, 3.05) is 19.0 Å². The lowest BCUT2D eigenvalue weighted by Crippen LogP contribution is -2.10. The third kappa shape index (κ3) is 4.00. The Balaban J connectivity index is 1.79. The van der Waals surface area contributed by atoms with Crippen molar-refractivity contribution in [3.63, 3.8) is 0 Å². The quantitative estimate of drug-likeness (QED) is 0.693. The number of hydrogen-bond donors (Lipinski definition) is 2. The van der Waals surface area contributed by atoms with Crippen LogP contribution in [-0.4, -0.2) is 28.6 Å². The van der Waals surface area contributed by atoms with E-state index in [2.05, 4.69) is 40.7 Å². The molecule has 25 heavy (non-hydrogen) atoms. The first-order valence-corrected chi connectivity index (χ1v) is 8.33. The van der Waals surface area contributed by atoms with Crippen LogP contribution < -0.4 is 10.1 Å². The second-order valence-electron chi connectivity index (χ2n) is 5.86. The maximum absolute atomic E-state index is 9.15. The van der Waals surface area contributed by atoms with Crippen molar-refractivity contribution >= 4 is 5.82 Å². The van der Waals surface area contributed by atoms with Gasteiger partial charge in [-0.05, 0) is 24.1 Å². The van der Waals surface area contributed by atoms with Gasteiger partial charge in [-0.3, -0.25) is 0 Å². The van der Waals surface area contributed by atoms with Gasteiger partial charge in [-0.15, -0.1) is 0 Å². The van der Waals surface area contributed by atoms with Gasteiger partial charge in [-0.2, -0.15) is 5.10 Å². The van der Waals surface area contributed by atoms with E-state index in [1.54, 1.807) is 11.8 Å². The van der Waals surface area contributed by atoms with E-state index >= 15 is 0 Å². The molecule has 0 fully saturated rings. The molecule has 5 nitrogen and oxygen atoms in total. The molecule has 1 heterocycles. The molecule has 0 atom stereocenters. The topological polar surface area (TPSA) is 59.3 Å². The van der Waals surface area contributed by atoms with Gasteiger partial charge in [-0.25, -0.2) is 4.68 Å². The highest BCUT2D eigenvalue weighted by molar-refractivity contribution is 5.66. The van der Waals surface area contributed by atoms with Gasteiger partial charge < -0.3 is 15.2 Å². The molecule has 0 radical (unpaired) electrons. The number of nitrogens with one attached hydrogen (secondary N) is 1. The Kier molecular flexibility index (Phi) is 5.36. The van der Waals surface area contributed by atoms with Crippen LogP contribution in [0.1, 0.15) is 11.3 Å². The fraction of sp³-hybridized carbons (Fsp3) is 0.250. The van der Waals surface area contributed by atoms with Crippen LogP contribution >= 0.6 is 0 Å². The summed E-state index contributed by atoms with van der Waals surface area (Å²) in [5, 5.41) is 16.9. The van der Waals surface area contributed by atoms with Gasteiger partial charge in [0.05, 0.1) is 26.0 Å². The van der Waals surface area contributed by atoms with E-state index in [1.165, 1.54) is 0 Å². The summed E-state index contributed by atoms with van der Waals surface area (Å²) in [5.74, 6) is 1.74. The molecule has 0 aliphatic carbocycles. The molecule has 0 saturated carbocycles. The smallest absolute Gasteiger partial charge is 0.124 e. The summed E-state index contributed by atoms with van der Waals surface area (Å²) in [6.45, 7) is 3.09. The minimum Gasteiger partial charge on any atom is -0.496 e. The summed E-state index contributed by atoms with van der Waals surface area (Å²) in [4.78, 5) is 0. The lowest BCUT2D eigenvalue weighted by molar-refractivity contribution is 0.270. The van der Waals surface area contributed by atoms with Gasteiger partial charge in [-0.1, -0.05) is 42.5 Å². The van der Waals surface area contributed by atoms with Crippen LogP contribution in [0.4, 0.5) is 5.82 Å². The number of ether oxygens (including phenoxy) is 1. The number of nitrogens with zero attached hydrogens (tertiary/aromatic N) is 2. The first-order chi connectivity index (χ1) is 12.2. The Bertz CT molecular complexity index is 828. The lowest BCUT2D eigenvalue weighted by Gasteiger charge is -2.13. The van der Waals surface area contributed by atoms with Gasteiger partial charge in [0, 0.05) is 18.2 Å². The van der Waals surface area contributed by atoms with Crippen molar-refractivity contribution in [2.24, 2.45) is 0 Å². The van der Waals surface area contributed by atoms with Crippen LogP contribution in [-0.2, 0) is 13.1 Å². The summed E-state index contributed by atoms with van der Waals surface area (Å²) in [6.07, 6.45) is 0. The molecule has 2 aromatic carbocycles. The highest BCUT2D eigenvalue weighted by Crippen LogP contribution is 2.28. The van der Waals surface area contributed by atoms with Gasteiger partial charge >= 0.3 is 0 Å². The van der Waals surface area contributed by atoms with Crippen molar-refractivity contribution in [1.82, 2.24) is 9.78 Å². The fourth-order valence-electron chi connectivity index (χ4n) is 2.84. The monoisotopic (exact) mass is 337 g/mol. The highest BCUT2D eigenvalue weighted by atomic mass is 16.5. The van der Waals surface area contributed by atoms with Gasteiger partial charge in [0.15, 0.2) is 0 Å². The first kappa shape index (κ1) is 17.0. The van der Waals surface area contributed by atoms with Gasteiger partial charge in [0.2, 0.25) is 0 Å². The maximum atomic E-state index is 9.15. The number of rotatable bonds is 7. The third-order valence-corrected chi connectivity index (χ3v) is 4.07. The van der Waals surface area contributed by atoms with Crippen LogP contribution in [0.2, 0.25) is 0 Å². The summed E-state index contributed by atoms with van der Waals surface area (Å²) in [6, 6.07) is 18.5. The minimum absolute atomic E-state index is 0.0604. The predicted molar refractivity (Wildman–Crippen MR) is 99.8 cm³/mol. The van der Waals surface area contributed by atoms with E-state index in [0.717, 1.165) is 34.0 Å². The van der Waals surface area contributed by atoms with E-state index in [-0.39, 0.29) is 6.61 Å². The largest absolute Gasteiger partial charge is 0.496 e.